The molecular weight excluding hydrogens is 232 g/mol. The number of ether oxygens (including phenoxy) is 1. The minimum Gasteiger partial charge on any atom is -0.466 e. The molecule has 0 saturated carbocycles. The van der Waals surface area contributed by atoms with Gasteiger partial charge in [0, 0.05) is 4.75 Å². The van der Waals surface area contributed by atoms with Gasteiger partial charge in [-0.05, 0) is 32.1 Å². The molecule has 102 valence electrons. The highest BCUT2D eigenvalue weighted by Gasteiger charge is 2.48. The van der Waals surface area contributed by atoms with Crippen LogP contribution in [0.25, 0.3) is 0 Å². The van der Waals surface area contributed by atoms with Crippen molar-refractivity contribution in [3.8, 4) is 0 Å². The van der Waals surface area contributed by atoms with Gasteiger partial charge in [0.25, 0.3) is 0 Å². The molecule has 0 heterocycles. The van der Waals surface area contributed by atoms with E-state index in [4.69, 9.17) is 4.74 Å². The molecule has 0 saturated heterocycles. The van der Waals surface area contributed by atoms with Gasteiger partial charge in [0.15, 0.2) is 0 Å². The fourth-order valence-electron chi connectivity index (χ4n) is 1.82. The van der Waals surface area contributed by atoms with Crippen molar-refractivity contribution in [2.75, 3.05) is 6.61 Å². The summed E-state index contributed by atoms with van der Waals surface area (Å²) in [6.45, 7) is 14.7. The molecule has 0 aromatic rings. The maximum Gasteiger partial charge on any atom is 0.312 e. The Kier molecular flexibility index (Phi) is 5.58. The first-order chi connectivity index (χ1) is 7.50. The molecule has 0 N–H and O–H groups in total. The SMILES string of the molecule is CCOC(=O)C(C)(CC(C)(S)CC)C(C)(C)C. The largest absolute Gasteiger partial charge is 0.466 e. The zero-order valence-electron chi connectivity index (χ0n) is 12.4. The Morgan fingerprint density at radius 2 is 1.59 bits per heavy atom. The second-order valence-corrected chi connectivity index (χ2v) is 7.41. The highest BCUT2D eigenvalue weighted by molar-refractivity contribution is 7.81. The molecule has 2 unspecified atom stereocenters. The molecule has 0 amide bonds. The van der Waals surface area contributed by atoms with Gasteiger partial charge in [-0.2, -0.15) is 12.6 Å². The highest BCUT2D eigenvalue weighted by Crippen LogP contribution is 2.47. The molecule has 0 bridgehead atoms. The molecule has 3 heteroatoms. The van der Waals surface area contributed by atoms with Gasteiger partial charge in [-0.1, -0.05) is 34.6 Å². The van der Waals surface area contributed by atoms with Gasteiger partial charge in [-0.15, -0.1) is 0 Å². The summed E-state index contributed by atoms with van der Waals surface area (Å²) >= 11 is 4.67. The summed E-state index contributed by atoms with van der Waals surface area (Å²) in [5.41, 5.74) is -0.645. The molecule has 0 fully saturated rings. The predicted octanol–water partition coefficient (Wildman–Crippen LogP) is 4.09. The molecule has 0 radical (unpaired) electrons. The number of hydrogen-bond acceptors (Lipinski definition) is 3. The van der Waals surface area contributed by atoms with Gasteiger partial charge in [0.2, 0.25) is 0 Å². The van der Waals surface area contributed by atoms with Crippen molar-refractivity contribution in [3.63, 3.8) is 0 Å². The predicted molar refractivity (Wildman–Crippen MR) is 76.5 cm³/mol. The second kappa shape index (κ2) is 5.64. The van der Waals surface area contributed by atoms with E-state index in [1.807, 2.05) is 13.8 Å². The minimum atomic E-state index is -0.504. The fourth-order valence-corrected chi connectivity index (χ4v) is 2.14. The van der Waals surface area contributed by atoms with Crippen molar-refractivity contribution < 1.29 is 9.53 Å². The van der Waals surface area contributed by atoms with Gasteiger partial charge in [0.05, 0.1) is 12.0 Å². The lowest BCUT2D eigenvalue weighted by atomic mass is 9.63. The van der Waals surface area contributed by atoms with Crippen LogP contribution >= 0.6 is 12.6 Å². The average molecular weight is 260 g/mol. The van der Waals surface area contributed by atoms with Crippen molar-refractivity contribution in [1.29, 1.82) is 0 Å². The minimum absolute atomic E-state index is 0.110. The molecule has 0 aliphatic heterocycles. The van der Waals surface area contributed by atoms with Crippen LogP contribution in [0.2, 0.25) is 0 Å². The van der Waals surface area contributed by atoms with E-state index in [0.29, 0.717) is 6.61 Å². The summed E-state index contributed by atoms with van der Waals surface area (Å²) in [7, 11) is 0. The quantitative estimate of drug-likeness (QED) is 0.595. The lowest BCUT2D eigenvalue weighted by Crippen LogP contribution is -2.45. The average Bonchev–Trinajstić information content (AvgIpc) is 2.15. The Balaban J connectivity index is 5.20. The van der Waals surface area contributed by atoms with E-state index in [1.165, 1.54) is 0 Å². The Hall–Kier alpha value is -0.180. The van der Waals surface area contributed by atoms with E-state index < -0.39 is 5.41 Å². The Bertz CT molecular complexity index is 266. The first kappa shape index (κ1) is 16.8. The van der Waals surface area contributed by atoms with Crippen molar-refractivity contribution in [2.45, 2.75) is 66.1 Å². The van der Waals surface area contributed by atoms with Gasteiger partial charge < -0.3 is 4.74 Å². The number of thiol groups is 1. The van der Waals surface area contributed by atoms with Crippen LogP contribution in [0, 0.1) is 10.8 Å². The third-order valence-corrected chi connectivity index (χ3v) is 4.35. The molecule has 0 aliphatic rings. The van der Waals surface area contributed by atoms with Gasteiger partial charge in [0.1, 0.15) is 0 Å². The number of rotatable bonds is 5. The summed E-state index contributed by atoms with van der Waals surface area (Å²) in [4.78, 5) is 12.2. The molecule has 0 spiro atoms. The third kappa shape index (κ3) is 4.20. The summed E-state index contributed by atoms with van der Waals surface area (Å²) in [5, 5.41) is 0. The Morgan fingerprint density at radius 1 is 1.12 bits per heavy atom. The second-order valence-electron chi connectivity index (χ2n) is 6.33. The number of esters is 1. The molecule has 0 aromatic heterocycles. The Labute approximate surface area is 112 Å². The van der Waals surface area contributed by atoms with Gasteiger partial charge >= 0.3 is 5.97 Å². The molecular formula is C14H28O2S. The number of carbonyl (C=O) groups is 1. The summed E-state index contributed by atoms with van der Waals surface area (Å²) in [5.74, 6) is -0.110. The maximum absolute atomic E-state index is 12.2. The first-order valence-electron chi connectivity index (χ1n) is 6.40. The molecule has 0 aromatic carbocycles. The maximum atomic E-state index is 12.2. The van der Waals surface area contributed by atoms with Crippen molar-refractivity contribution in [1.82, 2.24) is 0 Å². The van der Waals surface area contributed by atoms with E-state index in [0.717, 1.165) is 12.8 Å². The normalized spacial score (nSPS) is 19.3. The van der Waals surface area contributed by atoms with Gasteiger partial charge in [-0.25, -0.2) is 0 Å². The lowest BCUT2D eigenvalue weighted by molar-refractivity contribution is -0.162. The van der Waals surface area contributed by atoms with E-state index in [1.54, 1.807) is 0 Å². The number of carbonyl (C=O) groups excluding carboxylic acids is 1. The van der Waals surface area contributed by atoms with Crippen LogP contribution in [-0.2, 0) is 9.53 Å². The standard InChI is InChI=1S/C14H28O2S/c1-8-13(6,17)10-14(7,12(3,4)5)11(15)16-9-2/h17H,8-10H2,1-7H3. The molecule has 2 atom stereocenters. The van der Waals surface area contributed by atoms with Crippen LogP contribution in [-0.4, -0.2) is 17.3 Å². The van der Waals surface area contributed by atoms with E-state index in [-0.39, 0.29) is 16.1 Å². The van der Waals surface area contributed by atoms with E-state index in [2.05, 4.69) is 47.2 Å². The Morgan fingerprint density at radius 3 is 1.88 bits per heavy atom. The molecule has 17 heavy (non-hydrogen) atoms. The van der Waals surface area contributed by atoms with Crippen LogP contribution in [0.1, 0.15) is 61.3 Å². The number of hydrogen-bond donors (Lipinski definition) is 1. The smallest absolute Gasteiger partial charge is 0.312 e. The molecule has 0 aliphatic carbocycles. The zero-order chi connectivity index (χ0) is 13.9. The van der Waals surface area contributed by atoms with Crippen molar-refractivity contribution in [2.24, 2.45) is 10.8 Å². The van der Waals surface area contributed by atoms with Crippen LogP contribution in [0.3, 0.4) is 0 Å². The van der Waals surface area contributed by atoms with Gasteiger partial charge in [-0.3, -0.25) is 4.79 Å². The monoisotopic (exact) mass is 260 g/mol. The fraction of sp³-hybridized carbons (Fsp3) is 0.929. The molecule has 0 rings (SSSR count). The van der Waals surface area contributed by atoms with E-state index in [9.17, 15) is 4.79 Å². The summed E-state index contributed by atoms with van der Waals surface area (Å²) < 4.78 is 5.11. The first-order valence-corrected chi connectivity index (χ1v) is 6.84. The topological polar surface area (TPSA) is 26.3 Å². The molecule has 2 nitrogen and oxygen atoms in total. The third-order valence-electron chi connectivity index (χ3n) is 3.88. The van der Waals surface area contributed by atoms with Crippen LogP contribution < -0.4 is 0 Å². The van der Waals surface area contributed by atoms with Crippen LogP contribution in [0.15, 0.2) is 0 Å². The van der Waals surface area contributed by atoms with Crippen molar-refractivity contribution in [3.05, 3.63) is 0 Å². The van der Waals surface area contributed by atoms with Crippen LogP contribution in [0.4, 0.5) is 0 Å². The summed E-state index contributed by atoms with van der Waals surface area (Å²) in [6, 6.07) is 0. The van der Waals surface area contributed by atoms with Crippen LogP contribution in [0.5, 0.6) is 0 Å². The zero-order valence-corrected chi connectivity index (χ0v) is 13.3. The lowest BCUT2D eigenvalue weighted by Gasteiger charge is -2.43. The van der Waals surface area contributed by atoms with E-state index >= 15 is 0 Å². The van der Waals surface area contributed by atoms with Crippen molar-refractivity contribution >= 4 is 18.6 Å². The highest BCUT2D eigenvalue weighted by atomic mass is 32.1. The summed E-state index contributed by atoms with van der Waals surface area (Å²) in [6.07, 6.45) is 1.66.